The number of nitrogen functional groups attached to an aromatic ring is 1. The van der Waals surface area contributed by atoms with Crippen LogP contribution in [0.4, 0.5) is 5.82 Å². The molecule has 4 N–H and O–H groups in total. The lowest BCUT2D eigenvalue weighted by atomic mass is 9.85. The molecule has 0 saturated heterocycles. The number of aromatic carboxylic acids is 1. The largest absolute Gasteiger partial charge is 0.478 e. The molecule has 0 aliphatic heterocycles. The number of carbonyl (C=O) groups is 1. The molecule has 5 rings (SSSR count). The molecule has 0 bridgehead atoms. The van der Waals surface area contributed by atoms with Crippen LogP contribution in [0.25, 0.3) is 27.8 Å². The zero-order valence-electron chi connectivity index (χ0n) is 13.9. The molecule has 4 aromatic rings. The second-order valence-electron chi connectivity index (χ2n) is 6.73. The number of carboxylic acids is 1. The number of H-pyrrole nitrogens is 1. The van der Waals surface area contributed by atoms with Crippen LogP contribution in [0.2, 0.25) is 0 Å². The molecule has 1 aliphatic rings. The van der Waals surface area contributed by atoms with Crippen molar-refractivity contribution in [3.05, 3.63) is 48.0 Å². The van der Waals surface area contributed by atoms with E-state index in [0.29, 0.717) is 22.8 Å². The average Bonchev–Trinajstić information content (AvgIpc) is 3.15. The van der Waals surface area contributed by atoms with E-state index in [1.165, 1.54) is 6.42 Å². The van der Waals surface area contributed by atoms with E-state index in [4.69, 9.17) is 10.7 Å². The number of anilines is 1. The number of nitrogens with one attached hydrogen (secondary N) is 1. The standard InChI is InChI=1S/C19H17N5O2/c20-17-16-15(23-18(10-3-1-4-10)24(16)8-7-21-17)14-9-12-11(19(25)26)5-2-6-13(12)22-14/h2,5-10,22H,1,3-4H2,(H2,20,21)(H,25,26). The summed E-state index contributed by atoms with van der Waals surface area (Å²) in [5.41, 5.74) is 9.40. The van der Waals surface area contributed by atoms with Crippen LogP contribution in [0.15, 0.2) is 36.7 Å². The van der Waals surface area contributed by atoms with Gasteiger partial charge >= 0.3 is 5.97 Å². The molecule has 7 nitrogen and oxygen atoms in total. The van der Waals surface area contributed by atoms with E-state index in [9.17, 15) is 9.90 Å². The van der Waals surface area contributed by atoms with Gasteiger partial charge in [-0.2, -0.15) is 0 Å². The van der Waals surface area contributed by atoms with Crippen molar-refractivity contribution in [2.24, 2.45) is 0 Å². The predicted molar refractivity (Wildman–Crippen MR) is 98.2 cm³/mol. The molecule has 0 amide bonds. The number of nitrogens with two attached hydrogens (primary N) is 1. The fraction of sp³-hybridized carbons (Fsp3) is 0.211. The number of hydrogen-bond donors (Lipinski definition) is 3. The molecule has 7 heteroatoms. The maximum absolute atomic E-state index is 11.5. The molecule has 130 valence electrons. The monoisotopic (exact) mass is 347 g/mol. The number of aromatic amines is 1. The van der Waals surface area contributed by atoms with Crippen molar-refractivity contribution in [2.75, 3.05) is 5.73 Å². The van der Waals surface area contributed by atoms with Crippen molar-refractivity contribution in [3.63, 3.8) is 0 Å². The number of imidazole rings is 1. The minimum Gasteiger partial charge on any atom is -0.478 e. The lowest BCUT2D eigenvalue weighted by Crippen LogP contribution is -2.12. The lowest BCUT2D eigenvalue weighted by molar-refractivity contribution is 0.0699. The van der Waals surface area contributed by atoms with Crippen molar-refractivity contribution in [3.8, 4) is 11.4 Å². The third kappa shape index (κ3) is 2.03. The summed E-state index contributed by atoms with van der Waals surface area (Å²) < 4.78 is 2.02. The predicted octanol–water partition coefficient (Wildman–Crippen LogP) is 3.43. The Bertz CT molecular complexity index is 1170. The lowest BCUT2D eigenvalue weighted by Gasteiger charge is -2.23. The van der Waals surface area contributed by atoms with Gasteiger partial charge in [0.15, 0.2) is 0 Å². The number of aromatic nitrogens is 4. The fourth-order valence-electron chi connectivity index (χ4n) is 3.70. The highest BCUT2D eigenvalue weighted by Gasteiger charge is 2.27. The maximum atomic E-state index is 11.5. The van der Waals surface area contributed by atoms with E-state index in [1.807, 2.05) is 22.7 Å². The van der Waals surface area contributed by atoms with E-state index in [0.717, 1.165) is 35.4 Å². The van der Waals surface area contributed by atoms with Gasteiger partial charge in [-0.25, -0.2) is 14.8 Å². The number of benzene rings is 1. The van der Waals surface area contributed by atoms with Crippen LogP contribution in [0.3, 0.4) is 0 Å². The van der Waals surface area contributed by atoms with E-state index < -0.39 is 5.97 Å². The van der Waals surface area contributed by atoms with Crippen LogP contribution in [0, 0.1) is 0 Å². The van der Waals surface area contributed by atoms with E-state index in [1.54, 1.807) is 18.3 Å². The minimum atomic E-state index is -0.952. The maximum Gasteiger partial charge on any atom is 0.336 e. The first-order valence-electron chi connectivity index (χ1n) is 8.61. The second-order valence-corrected chi connectivity index (χ2v) is 6.73. The Hall–Kier alpha value is -3.35. The van der Waals surface area contributed by atoms with Gasteiger partial charge < -0.3 is 15.8 Å². The molecule has 1 aromatic carbocycles. The summed E-state index contributed by atoms with van der Waals surface area (Å²) in [6, 6.07) is 7.02. The quantitative estimate of drug-likeness (QED) is 0.526. The molecule has 3 heterocycles. The third-order valence-corrected chi connectivity index (χ3v) is 5.23. The summed E-state index contributed by atoms with van der Waals surface area (Å²) in [4.78, 5) is 23.9. The van der Waals surface area contributed by atoms with Crippen molar-refractivity contribution >= 4 is 28.2 Å². The Morgan fingerprint density at radius 1 is 1.35 bits per heavy atom. The number of rotatable bonds is 3. The molecular formula is C19H17N5O2. The highest BCUT2D eigenvalue weighted by atomic mass is 16.4. The SMILES string of the molecule is Nc1nccn2c(C3CCC3)nc(-c3cc4c(C(=O)O)cccc4[nH]3)c12. The van der Waals surface area contributed by atoms with Crippen molar-refractivity contribution in [2.45, 2.75) is 25.2 Å². The summed E-state index contributed by atoms with van der Waals surface area (Å²) in [6.45, 7) is 0. The second kappa shape index (κ2) is 5.32. The molecule has 0 radical (unpaired) electrons. The first-order chi connectivity index (χ1) is 12.6. The summed E-state index contributed by atoms with van der Waals surface area (Å²) in [5.74, 6) is 0.884. The zero-order valence-corrected chi connectivity index (χ0v) is 13.9. The Morgan fingerprint density at radius 3 is 2.92 bits per heavy atom. The Labute approximate surface area is 148 Å². The van der Waals surface area contributed by atoms with E-state index >= 15 is 0 Å². The van der Waals surface area contributed by atoms with Gasteiger partial charge in [0.1, 0.15) is 22.9 Å². The first kappa shape index (κ1) is 14.9. The van der Waals surface area contributed by atoms with E-state index in [-0.39, 0.29) is 5.56 Å². The van der Waals surface area contributed by atoms with Gasteiger partial charge in [-0.05, 0) is 31.0 Å². The number of hydrogen-bond acceptors (Lipinski definition) is 4. The van der Waals surface area contributed by atoms with Crippen LogP contribution >= 0.6 is 0 Å². The smallest absolute Gasteiger partial charge is 0.336 e. The molecule has 0 atom stereocenters. The summed E-state index contributed by atoms with van der Waals surface area (Å²) >= 11 is 0. The van der Waals surface area contributed by atoms with Crippen molar-refractivity contribution < 1.29 is 9.90 Å². The van der Waals surface area contributed by atoms with Crippen LogP contribution < -0.4 is 5.73 Å². The number of fused-ring (bicyclic) bond motifs is 2. The zero-order chi connectivity index (χ0) is 17.8. The van der Waals surface area contributed by atoms with Crippen LogP contribution in [-0.2, 0) is 0 Å². The highest BCUT2D eigenvalue weighted by Crippen LogP contribution is 2.39. The Morgan fingerprint density at radius 2 is 2.19 bits per heavy atom. The minimum absolute atomic E-state index is 0.263. The Kier molecular flexibility index (Phi) is 3.06. The fourth-order valence-corrected chi connectivity index (χ4v) is 3.70. The van der Waals surface area contributed by atoms with Gasteiger partial charge in [-0.3, -0.25) is 4.40 Å². The van der Waals surface area contributed by atoms with Crippen LogP contribution in [0.1, 0.15) is 41.4 Å². The Balaban J connectivity index is 1.78. The van der Waals surface area contributed by atoms with Crippen LogP contribution in [-0.4, -0.2) is 30.4 Å². The van der Waals surface area contributed by atoms with Gasteiger partial charge in [-0.1, -0.05) is 12.5 Å². The molecule has 1 fully saturated rings. The topological polar surface area (TPSA) is 109 Å². The van der Waals surface area contributed by atoms with Crippen molar-refractivity contribution in [1.82, 2.24) is 19.4 Å². The number of nitrogens with zero attached hydrogens (tertiary/aromatic N) is 3. The average molecular weight is 347 g/mol. The molecule has 3 aromatic heterocycles. The highest BCUT2D eigenvalue weighted by molar-refractivity contribution is 6.05. The van der Waals surface area contributed by atoms with Crippen LogP contribution in [0.5, 0.6) is 0 Å². The van der Waals surface area contributed by atoms with Crippen molar-refractivity contribution in [1.29, 1.82) is 0 Å². The van der Waals surface area contributed by atoms with Gasteiger partial charge in [0.2, 0.25) is 0 Å². The van der Waals surface area contributed by atoms with Gasteiger partial charge in [0.25, 0.3) is 0 Å². The molecule has 1 saturated carbocycles. The molecule has 0 unspecified atom stereocenters. The summed E-state index contributed by atoms with van der Waals surface area (Å²) in [5, 5.41) is 10.1. The van der Waals surface area contributed by atoms with Gasteiger partial charge in [-0.15, -0.1) is 0 Å². The van der Waals surface area contributed by atoms with Gasteiger partial charge in [0.05, 0.1) is 11.3 Å². The molecular weight excluding hydrogens is 330 g/mol. The van der Waals surface area contributed by atoms with E-state index in [2.05, 4.69) is 9.97 Å². The molecule has 1 aliphatic carbocycles. The normalized spacial score (nSPS) is 14.8. The molecule has 0 spiro atoms. The third-order valence-electron chi connectivity index (χ3n) is 5.23. The first-order valence-corrected chi connectivity index (χ1v) is 8.61. The summed E-state index contributed by atoms with van der Waals surface area (Å²) in [7, 11) is 0. The summed E-state index contributed by atoms with van der Waals surface area (Å²) in [6.07, 6.45) is 7.03. The number of carboxylic acid groups (broad SMARTS) is 1. The van der Waals surface area contributed by atoms with Gasteiger partial charge in [0, 0.05) is 29.2 Å². The molecule has 26 heavy (non-hydrogen) atoms.